The smallest absolute Gasteiger partial charge is 0.163 e. The summed E-state index contributed by atoms with van der Waals surface area (Å²) in [5, 5.41) is 2.30. The molecule has 0 spiro atoms. The van der Waals surface area contributed by atoms with Crippen molar-refractivity contribution in [3.8, 4) is 11.5 Å². The maximum atomic E-state index is 12.7. The van der Waals surface area contributed by atoms with Gasteiger partial charge in [0.05, 0.1) is 6.61 Å². The Morgan fingerprint density at radius 2 is 1.17 bits per heavy atom. The van der Waals surface area contributed by atoms with E-state index in [9.17, 15) is 4.79 Å². The zero-order chi connectivity index (χ0) is 29.1. The Hall–Kier alpha value is -2.81. The lowest BCUT2D eigenvalue weighted by atomic mass is 9.94. The quantitative estimate of drug-likeness (QED) is 0.0908. The fourth-order valence-electron chi connectivity index (χ4n) is 5.39. The zero-order valence-corrected chi connectivity index (χ0v) is 26.1. The van der Waals surface area contributed by atoms with E-state index in [1.165, 1.54) is 77.0 Å². The lowest BCUT2D eigenvalue weighted by molar-refractivity contribution is 0.0962. The number of ketones is 1. The summed E-state index contributed by atoms with van der Waals surface area (Å²) in [5.41, 5.74) is 1.87. The molecule has 0 heterocycles. The molecule has 3 aromatic rings. The van der Waals surface area contributed by atoms with Crippen LogP contribution in [0, 0.1) is 5.92 Å². The van der Waals surface area contributed by atoms with Crippen LogP contribution in [0.2, 0.25) is 0 Å². The van der Waals surface area contributed by atoms with E-state index in [0.29, 0.717) is 18.9 Å². The van der Waals surface area contributed by atoms with E-state index in [4.69, 9.17) is 9.47 Å². The normalized spacial score (nSPS) is 12.0. The number of unbranched alkanes of at least 4 members (excludes halogenated alkanes) is 11. The number of ether oxygens (including phenoxy) is 2. The Bertz CT molecular complexity index is 1130. The average Bonchev–Trinajstić information content (AvgIpc) is 2.99. The SMILES string of the molecule is CCCCCCCCCCOc1ccc2cc(OCc3ccc(C(=O)C[C@H](C)CCCCCCC)cc3)ccc2c1. The van der Waals surface area contributed by atoms with Gasteiger partial charge in [0.15, 0.2) is 5.78 Å². The fourth-order valence-corrected chi connectivity index (χ4v) is 5.39. The van der Waals surface area contributed by atoms with Crippen molar-refractivity contribution in [3.63, 3.8) is 0 Å². The summed E-state index contributed by atoms with van der Waals surface area (Å²) in [6, 6.07) is 20.4. The molecule has 0 unspecified atom stereocenters. The zero-order valence-electron chi connectivity index (χ0n) is 26.1. The standard InChI is InChI=1S/C38H54O3/c1-4-6-8-10-11-12-14-16-26-40-36-24-22-35-29-37(25-23-34(35)28-36)41-30-32-18-20-33(21-19-32)38(39)27-31(3)17-15-13-9-7-5-2/h18-25,28-29,31H,4-17,26-27,30H2,1-3H3/t31-/m1/s1. The molecule has 0 bridgehead atoms. The monoisotopic (exact) mass is 558 g/mol. The van der Waals surface area contributed by atoms with Crippen LogP contribution in [0.5, 0.6) is 11.5 Å². The van der Waals surface area contributed by atoms with E-state index >= 15 is 0 Å². The molecule has 3 aromatic carbocycles. The van der Waals surface area contributed by atoms with Crippen molar-refractivity contribution in [3.05, 3.63) is 71.8 Å². The first kappa shape index (κ1) is 32.7. The van der Waals surface area contributed by atoms with Crippen molar-refractivity contribution in [2.75, 3.05) is 6.61 Å². The molecule has 1 atom stereocenters. The van der Waals surface area contributed by atoms with Crippen molar-refractivity contribution >= 4 is 16.6 Å². The first-order chi connectivity index (χ1) is 20.1. The molecule has 0 aliphatic carbocycles. The van der Waals surface area contributed by atoms with Gasteiger partial charge in [-0.05, 0) is 52.9 Å². The van der Waals surface area contributed by atoms with Gasteiger partial charge in [-0.2, -0.15) is 0 Å². The van der Waals surface area contributed by atoms with Gasteiger partial charge in [-0.1, -0.05) is 141 Å². The van der Waals surface area contributed by atoms with Crippen LogP contribution in [-0.2, 0) is 6.61 Å². The molecular formula is C38H54O3. The summed E-state index contributed by atoms with van der Waals surface area (Å²) in [7, 11) is 0. The molecule has 0 saturated carbocycles. The second-order valence-corrected chi connectivity index (χ2v) is 11.9. The molecular weight excluding hydrogens is 504 g/mol. The molecule has 0 fully saturated rings. The van der Waals surface area contributed by atoms with E-state index in [-0.39, 0.29) is 5.78 Å². The molecule has 0 amide bonds. The molecule has 0 aliphatic heterocycles. The van der Waals surface area contributed by atoms with E-state index in [1.807, 2.05) is 30.3 Å². The third kappa shape index (κ3) is 12.7. The van der Waals surface area contributed by atoms with E-state index in [0.717, 1.165) is 52.8 Å². The number of carbonyl (C=O) groups is 1. The minimum absolute atomic E-state index is 0.245. The third-order valence-corrected chi connectivity index (χ3v) is 8.07. The average molecular weight is 559 g/mol. The second kappa shape index (κ2) is 19.3. The number of benzene rings is 3. The van der Waals surface area contributed by atoms with Crippen molar-refractivity contribution < 1.29 is 14.3 Å². The van der Waals surface area contributed by atoms with Gasteiger partial charge in [-0.15, -0.1) is 0 Å². The summed E-state index contributed by atoms with van der Waals surface area (Å²) in [5.74, 6) is 2.47. The summed E-state index contributed by atoms with van der Waals surface area (Å²) in [6.45, 7) is 7.97. The number of carbonyl (C=O) groups excluding carboxylic acids is 1. The highest BCUT2D eigenvalue weighted by Gasteiger charge is 2.11. The van der Waals surface area contributed by atoms with Gasteiger partial charge in [0.25, 0.3) is 0 Å². The Morgan fingerprint density at radius 3 is 1.78 bits per heavy atom. The molecule has 0 radical (unpaired) electrons. The Kier molecular flexibility index (Phi) is 15.4. The van der Waals surface area contributed by atoms with Gasteiger partial charge >= 0.3 is 0 Å². The van der Waals surface area contributed by atoms with E-state index in [1.54, 1.807) is 0 Å². The van der Waals surface area contributed by atoms with E-state index < -0.39 is 0 Å². The molecule has 224 valence electrons. The van der Waals surface area contributed by atoms with Crippen LogP contribution in [0.25, 0.3) is 10.8 Å². The Balaban J connectivity index is 1.38. The number of rotatable bonds is 22. The number of fused-ring (bicyclic) bond motifs is 1. The molecule has 3 rings (SSSR count). The maximum absolute atomic E-state index is 12.7. The highest BCUT2D eigenvalue weighted by molar-refractivity contribution is 5.96. The van der Waals surface area contributed by atoms with E-state index in [2.05, 4.69) is 51.1 Å². The first-order valence-electron chi connectivity index (χ1n) is 16.5. The van der Waals surface area contributed by atoms with Crippen molar-refractivity contribution in [1.82, 2.24) is 0 Å². The predicted octanol–water partition coefficient (Wildman–Crippen LogP) is 11.5. The number of hydrogen-bond acceptors (Lipinski definition) is 3. The third-order valence-electron chi connectivity index (χ3n) is 8.07. The molecule has 0 N–H and O–H groups in total. The molecule has 0 aliphatic rings. The fraction of sp³-hybridized carbons (Fsp3) is 0.553. The van der Waals surface area contributed by atoms with Gasteiger partial charge in [0, 0.05) is 12.0 Å². The maximum Gasteiger partial charge on any atom is 0.163 e. The molecule has 41 heavy (non-hydrogen) atoms. The highest BCUT2D eigenvalue weighted by Crippen LogP contribution is 2.26. The summed E-state index contributed by atoms with van der Waals surface area (Å²) < 4.78 is 12.1. The van der Waals surface area contributed by atoms with Crippen LogP contribution in [-0.4, -0.2) is 12.4 Å². The van der Waals surface area contributed by atoms with Gasteiger partial charge in [-0.3, -0.25) is 4.79 Å². The van der Waals surface area contributed by atoms with Crippen LogP contribution in [0.15, 0.2) is 60.7 Å². The topological polar surface area (TPSA) is 35.5 Å². The Labute approximate surface area is 250 Å². The second-order valence-electron chi connectivity index (χ2n) is 11.9. The van der Waals surface area contributed by atoms with Crippen LogP contribution < -0.4 is 9.47 Å². The van der Waals surface area contributed by atoms with Gasteiger partial charge in [0.2, 0.25) is 0 Å². The summed E-state index contributed by atoms with van der Waals surface area (Å²) in [6.07, 6.45) is 18.7. The highest BCUT2D eigenvalue weighted by atomic mass is 16.5. The Morgan fingerprint density at radius 1 is 0.634 bits per heavy atom. The first-order valence-corrected chi connectivity index (χ1v) is 16.5. The van der Waals surface area contributed by atoms with Crippen LogP contribution in [0.4, 0.5) is 0 Å². The lowest BCUT2D eigenvalue weighted by Crippen LogP contribution is -2.06. The van der Waals surface area contributed by atoms with Crippen molar-refractivity contribution in [1.29, 1.82) is 0 Å². The van der Waals surface area contributed by atoms with Crippen LogP contribution in [0.3, 0.4) is 0 Å². The summed E-state index contributed by atoms with van der Waals surface area (Å²) >= 11 is 0. The minimum Gasteiger partial charge on any atom is -0.494 e. The lowest BCUT2D eigenvalue weighted by Gasteiger charge is -2.11. The number of Topliss-reactive ketones (excluding diaryl/α,β-unsaturated/α-hetero) is 1. The molecule has 3 nitrogen and oxygen atoms in total. The van der Waals surface area contributed by atoms with Gasteiger partial charge in [-0.25, -0.2) is 0 Å². The summed E-state index contributed by atoms with van der Waals surface area (Å²) in [4.78, 5) is 12.7. The van der Waals surface area contributed by atoms with Gasteiger partial charge < -0.3 is 9.47 Å². The van der Waals surface area contributed by atoms with Crippen LogP contribution in [0.1, 0.15) is 133 Å². The van der Waals surface area contributed by atoms with Gasteiger partial charge in [0.1, 0.15) is 18.1 Å². The minimum atomic E-state index is 0.245. The largest absolute Gasteiger partial charge is 0.494 e. The predicted molar refractivity (Wildman–Crippen MR) is 174 cm³/mol. The molecule has 3 heteroatoms. The molecule has 0 saturated heterocycles. The molecule has 0 aromatic heterocycles. The van der Waals surface area contributed by atoms with Crippen molar-refractivity contribution in [2.45, 2.75) is 124 Å². The van der Waals surface area contributed by atoms with Crippen LogP contribution >= 0.6 is 0 Å². The van der Waals surface area contributed by atoms with Crippen molar-refractivity contribution in [2.24, 2.45) is 5.92 Å². The number of hydrogen-bond donors (Lipinski definition) is 0.